The van der Waals surface area contributed by atoms with Crippen LogP contribution >= 0.6 is 0 Å². The summed E-state index contributed by atoms with van der Waals surface area (Å²) in [5.74, 6) is -1.17. The summed E-state index contributed by atoms with van der Waals surface area (Å²) in [5.41, 5.74) is -0.492. The van der Waals surface area contributed by atoms with E-state index in [1.807, 2.05) is 0 Å². The van der Waals surface area contributed by atoms with Crippen LogP contribution in [0.25, 0.3) is 0 Å². The van der Waals surface area contributed by atoms with Crippen molar-refractivity contribution in [2.45, 2.75) is 39.7 Å². The van der Waals surface area contributed by atoms with Crippen molar-refractivity contribution in [2.75, 3.05) is 11.9 Å². The Bertz CT molecular complexity index is 572. The van der Waals surface area contributed by atoms with E-state index in [2.05, 4.69) is 10.4 Å². The number of hydrogen-bond acceptors (Lipinski definition) is 6. The molecule has 0 unspecified atom stereocenters. The molecule has 1 amide bonds. The highest BCUT2D eigenvalue weighted by molar-refractivity contribution is 6.09. The highest BCUT2D eigenvalue weighted by atomic mass is 16.6. The van der Waals surface area contributed by atoms with Gasteiger partial charge in [0.25, 0.3) is 0 Å². The number of esters is 1. The molecule has 1 aromatic heterocycles. The molecule has 1 N–H and O–H groups in total. The maximum absolute atomic E-state index is 12.1. The second kappa shape index (κ2) is 7.06. The predicted molar refractivity (Wildman–Crippen MR) is 78.6 cm³/mol. The molecule has 0 aromatic carbocycles. The molecule has 0 saturated carbocycles. The highest BCUT2D eigenvalue weighted by Crippen LogP contribution is 2.17. The summed E-state index contributed by atoms with van der Waals surface area (Å²) in [7, 11) is 1.60. The maximum Gasteiger partial charge on any atom is 0.412 e. The van der Waals surface area contributed by atoms with Crippen LogP contribution in [0, 0.1) is 0 Å². The number of rotatable bonds is 5. The van der Waals surface area contributed by atoms with Crippen LogP contribution in [-0.2, 0) is 21.3 Å². The van der Waals surface area contributed by atoms with Gasteiger partial charge in [-0.3, -0.25) is 19.6 Å². The predicted octanol–water partition coefficient (Wildman–Crippen LogP) is 1.90. The molecule has 8 heteroatoms. The van der Waals surface area contributed by atoms with Gasteiger partial charge in [0, 0.05) is 13.2 Å². The van der Waals surface area contributed by atoms with Crippen molar-refractivity contribution in [3.8, 4) is 0 Å². The van der Waals surface area contributed by atoms with Crippen LogP contribution in [0.3, 0.4) is 0 Å². The monoisotopic (exact) mass is 311 g/mol. The van der Waals surface area contributed by atoms with Gasteiger partial charge in [0.1, 0.15) is 12.0 Å². The first-order valence-corrected chi connectivity index (χ1v) is 6.85. The average Bonchev–Trinajstić information content (AvgIpc) is 2.67. The number of anilines is 1. The number of nitrogens with one attached hydrogen (secondary N) is 1. The zero-order valence-electron chi connectivity index (χ0n) is 13.4. The van der Waals surface area contributed by atoms with Crippen LogP contribution in [0.5, 0.6) is 0 Å². The zero-order chi connectivity index (χ0) is 16.9. The third kappa shape index (κ3) is 5.55. The summed E-state index contributed by atoms with van der Waals surface area (Å²) in [4.78, 5) is 35.2. The Morgan fingerprint density at radius 1 is 1.32 bits per heavy atom. The summed E-state index contributed by atoms with van der Waals surface area (Å²) >= 11 is 0. The number of Topliss-reactive ketones (excluding diaryl/α,β-unsaturated/α-hetero) is 1. The van der Waals surface area contributed by atoms with Crippen molar-refractivity contribution < 1.29 is 23.9 Å². The number of aryl methyl sites for hydroxylation is 1. The molecule has 1 heterocycles. The third-order valence-corrected chi connectivity index (χ3v) is 2.34. The summed E-state index contributed by atoms with van der Waals surface area (Å²) in [6.45, 7) is 7.02. The molecule has 0 saturated heterocycles. The molecule has 22 heavy (non-hydrogen) atoms. The van der Waals surface area contributed by atoms with E-state index >= 15 is 0 Å². The van der Waals surface area contributed by atoms with Crippen LogP contribution in [0.4, 0.5) is 10.5 Å². The highest BCUT2D eigenvalue weighted by Gasteiger charge is 2.23. The fourth-order valence-corrected chi connectivity index (χ4v) is 1.63. The Morgan fingerprint density at radius 3 is 2.50 bits per heavy atom. The van der Waals surface area contributed by atoms with Gasteiger partial charge >= 0.3 is 12.1 Å². The normalized spacial score (nSPS) is 11.0. The zero-order valence-corrected chi connectivity index (χ0v) is 13.4. The van der Waals surface area contributed by atoms with Crippen LogP contribution in [0.1, 0.15) is 44.6 Å². The fraction of sp³-hybridized carbons (Fsp3) is 0.571. The van der Waals surface area contributed by atoms with E-state index < -0.39 is 29.9 Å². The van der Waals surface area contributed by atoms with Crippen molar-refractivity contribution >= 4 is 23.5 Å². The van der Waals surface area contributed by atoms with Gasteiger partial charge < -0.3 is 9.47 Å². The van der Waals surface area contributed by atoms with Gasteiger partial charge in [0.05, 0.1) is 12.3 Å². The maximum atomic E-state index is 12.1. The van der Waals surface area contributed by atoms with E-state index in [9.17, 15) is 14.4 Å². The first-order chi connectivity index (χ1) is 10.1. The molecular weight excluding hydrogens is 290 g/mol. The Kier molecular flexibility index (Phi) is 5.67. The smallest absolute Gasteiger partial charge is 0.412 e. The molecule has 0 atom stereocenters. The topological polar surface area (TPSA) is 99.5 Å². The Labute approximate surface area is 128 Å². The molecule has 1 aromatic rings. The average molecular weight is 311 g/mol. The van der Waals surface area contributed by atoms with Crippen molar-refractivity contribution in [3.63, 3.8) is 0 Å². The van der Waals surface area contributed by atoms with Crippen LogP contribution < -0.4 is 5.32 Å². The molecule has 0 aliphatic rings. The summed E-state index contributed by atoms with van der Waals surface area (Å²) < 4.78 is 11.2. The summed E-state index contributed by atoms with van der Waals surface area (Å²) in [6, 6.07) is 0. The number of carbonyl (C=O) groups is 3. The second-order valence-corrected chi connectivity index (χ2v) is 5.60. The molecule has 0 spiro atoms. The van der Waals surface area contributed by atoms with E-state index in [-0.39, 0.29) is 18.0 Å². The molecule has 0 radical (unpaired) electrons. The van der Waals surface area contributed by atoms with Crippen molar-refractivity contribution in [2.24, 2.45) is 7.05 Å². The molecular formula is C14H21N3O5. The quantitative estimate of drug-likeness (QED) is 0.506. The van der Waals surface area contributed by atoms with Gasteiger partial charge in [0.15, 0.2) is 11.5 Å². The minimum absolute atomic E-state index is 0.0126. The lowest BCUT2D eigenvalue weighted by molar-refractivity contribution is -0.141. The lowest BCUT2D eigenvalue weighted by atomic mass is 10.2. The molecule has 0 fully saturated rings. The minimum Gasteiger partial charge on any atom is -0.466 e. The van der Waals surface area contributed by atoms with Gasteiger partial charge in [-0.1, -0.05) is 0 Å². The van der Waals surface area contributed by atoms with E-state index in [1.165, 1.54) is 10.9 Å². The summed E-state index contributed by atoms with van der Waals surface area (Å²) in [6.07, 6.45) is 0.321. The lowest BCUT2D eigenvalue weighted by Gasteiger charge is -2.19. The standard InChI is InChI=1S/C14H21N3O5/c1-6-21-11(19)7-10(18)12-9(8-17(5)16-12)15-13(20)22-14(2,3)4/h8H,6-7H2,1-5H3,(H,15,20). The van der Waals surface area contributed by atoms with Crippen molar-refractivity contribution in [3.05, 3.63) is 11.9 Å². The van der Waals surface area contributed by atoms with Crippen molar-refractivity contribution in [1.29, 1.82) is 0 Å². The molecule has 122 valence electrons. The minimum atomic E-state index is -0.703. The van der Waals surface area contributed by atoms with Crippen molar-refractivity contribution in [1.82, 2.24) is 9.78 Å². The molecule has 0 bridgehead atoms. The van der Waals surface area contributed by atoms with E-state index in [0.717, 1.165) is 0 Å². The van der Waals surface area contributed by atoms with Gasteiger partial charge in [-0.05, 0) is 27.7 Å². The Hall–Kier alpha value is -2.38. The van der Waals surface area contributed by atoms with Crippen LogP contribution in [0.15, 0.2) is 6.20 Å². The number of ketones is 1. The molecule has 1 rings (SSSR count). The van der Waals surface area contributed by atoms with Crippen LogP contribution in [-0.4, -0.2) is 39.8 Å². The third-order valence-electron chi connectivity index (χ3n) is 2.34. The first-order valence-electron chi connectivity index (χ1n) is 6.85. The van der Waals surface area contributed by atoms with Gasteiger partial charge in [-0.25, -0.2) is 4.79 Å². The fourth-order valence-electron chi connectivity index (χ4n) is 1.63. The lowest BCUT2D eigenvalue weighted by Crippen LogP contribution is -2.27. The number of nitrogens with zero attached hydrogens (tertiary/aromatic N) is 2. The Morgan fingerprint density at radius 2 is 1.95 bits per heavy atom. The van der Waals surface area contributed by atoms with Gasteiger partial charge in [0.2, 0.25) is 0 Å². The van der Waals surface area contributed by atoms with Gasteiger partial charge in [-0.2, -0.15) is 5.10 Å². The molecule has 0 aliphatic carbocycles. The number of hydrogen-bond donors (Lipinski definition) is 1. The molecule has 0 aliphatic heterocycles. The number of aromatic nitrogens is 2. The van der Waals surface area contributed by atoms with E-state index in [4.69, 9.17) is 9.47 Å². The van der Waals surface area contributed by atoms with E-state index in [1.54, 1.807) is 34.7 Å². The summed E-state index contributed by atoms with van der Waals surface area (Å²) in [5, 5.41) is 6.42. The Balaban J connectivity index is 2.83. The number of carbonyl (C=O) groups excluding carboxylic acids is 3. The number of amides is 1. The van der Waals surface area contributed by atoms with Gasteiger partial charge in [-0.15, -0.1) is 0 Å². The first kappa shape index (κ1) is 17.7. The largest absolute Gasteiger partial charge is 0.466 e. The number of ether oxygens (including phenoxy) is 2. The molecule has 8 nitrogen and oxygen atoms in total. The van der Waals surface area contributed by atoms with E-state index in [0.29, 0.717) is 0 Å². The van der Waals surface area contributed by atoms with Crippen LogP contribution in [0.2, 0.25) is 0 Å². The second-order valence-electron chi connectivity index (χ2n) is 5.60. The SMILES string of the molecule is CCOC(=O)CC(=O)c1nn(C)cc1NC(=O)OC(C)(C)C.